The van der Waals surface area contributed by atoms with Gasteiger partial charge in [0.1, 0.15) is 12.6 Å². The number of quaternary nitrogens is 1. The van der Waals surface area contributed by atoms with E-state index in [4.69, 9.17) is 14.2 Å². The highest BCUT2D eigenvalue weighted by Crippen LogP contribution is 2.13. The number of carbonyl (C=O) groups excluding carboxylic acids is 3. The Labute approximate surface area is 343 Å². The van der Waals surface area contributed by atoms with Crippen LogP contribution in [0.4, 0.5) is 0 Å². The van der Waals surface area contributed by atoms with Crippen molar-refractivity contribution < 1.29 is 38.2 Å². The summed E-state index contributed by atoms with van der Waals surface area (Å²) in [6.07, 6.45) is 46.7. The molecule has 8 heteroatoms. The molecule has 0 aliphatic heterocycles. The molecule has 0 bridgehead atoms. The monoisotopic (exact) mass is 786 g/mol. The first-order valence-corrected chi connectivity index (χ1v) is 22.3. The number of aliphatic carboxylic acids is 1. The molecule has 0 aliphatic rings. The van der Waals surface area contributed by atoms with Gasteiger partial charge in [-0.1, -0.05) is 139 Å². The molecule has 0 aliphatic carbocycles. The van der Waals surface area contributed by atoms with Crippen LogP contribution in [0, 0.1) is 0 Å². The Bertz CT molecular complexity index is 1100. The van der Waals surface area contributed by atoms with Crippen molar-refractivity contribution in [3.05, 3.63) is 60.8 Å². The first-order chi connectivity index (χ1) is 27.1. The summed E-state index contributed by atoms with van der Waals surface area (Å²) < 4.78 is 17.1. The number of carboxylic acids is 1. The average Bonchev–Trinajstić information content (AvgIpc) is 3.15. The second-order valence-electron chi connectivity index (χ2n) is 15.9. The summed E-state index contributed by atoms with van der Waals surface area (Å²) >= 11 is 0. The summed E-state index contributed by atoms with van der Waals surface area (Å²) in [6, 6.07) is -0.732. The molecule has 0 fully saturated rings. The summed E-state index contributed by atoms with van der Waals surface area (Å²) in [6.45, 7) is 4.50. The number of hydrogen-bond donors (Lipinski definition) is 0. The Morgan fingerprint density at radius 3 is 1.52 bits per heavy atom. The lowest BCUT2D eigenvalue weighted by atomic mass is 10.1. The lowest BCUT2D eigenvalue weighted by Gasteiger charge is -2.34. The van der Waals surface area contributed by atoms with Gasteiger partial charge < -0.3 is 28.6 Å². The maximum Gasteiger partial charge on any atom is 0.306 e. The molecule has 322 valence electrons. The minimum Gasteiger partial charge on any atom is -0.544 e. The van der Waals surface area contributed by atoms with E-state index in [-0.39, 0.29) is 42.7 Å². The Balaban J connectivity index is 4.37. The number of rotatable bonds is 39. The number of unbranched alkanes of at least 4 members (excludes halogenated alkanes) is 15. The van der Waals surface area contributed by atoms with E-state index in [1.165, 1.54) is 51.4 Å². The largest absolute Gasteiger partial charge is 0.544 e. The van der Waals surface area contributed by atoms with Gasteiger partial charge in [0.25, 0.3) is 0 Å². The number of esters is 2. The molecule has 0 amide bonds. The molecule has 56 heavy (non-hydrogen) atoms. The minimum atomic E-state index is -1.13. The van der Waals surface area contributed by atoms with Crippen molar-refractivity contribution in [2.24, 2.45) is 0 Å². The maximum absolute atomic E-state index is 12.7. The fraction of sp³-hybridized carbons (Fsp3) is 0.729. The predicted molar refractivity (Wildman–Crippen MR) is 231 cm³/mol. The van der Waals surface area contributed by atoms with Crippen LogP contribution < -0.4 is 5.11 Å². The molecule has 0 saturated heterocycles. The molecular weight excluding hydrogens is 703 g/mol. The normalized spacial score (nSPS) is 13.5. The van der Waals surface area contributed by atoms with E-state index in [1.807, 2.05) is 0 Å². The Morgan fingerprint density at radius 1 is 0.554 bits per heavy atom. The van der Waals surface area contributed by atoms with Crippen LogP contribution in [0.15, 0.2) is 60.8 Å². The first kappa shape index (κ1) is 53.0. The van der Waals surface area contributed by atoms with E-state index >= 15 is 0 Å². The zero-order chi connectivity index (χ0) is 41.4. The van der Waals surface area contributed by atoms with E-state index in [1.54, 1.807) is 21.1 Å². The molecule has 0 aromatic heterocycles. The van der Waals surface area contributed by atoms with Crippen LogP contribution >= 0.6 is 0 Å². The van der Waals surface area contributed by atoms with Crippen molar-refractivity contribution in [3.63, 3.8) is 0 Å². The third kappa shape index (κ3) is 36.7. The van der Waals surface area contributed by atoms with Crippen LogP contribution in [0.5, 0.6) is 0 Å². The summed E-state index contributed by atoms with van der Waals surface area (Å²) in [5, 5.41) is 11.6. The predicted octanol–water partition coefficient (Wildman–Crippen LogP) is 10.9. The van der Waals surface area contributed by atoms with Gasteiger partial charge in [0.05, 0.1) is 40.3 Å². The van der Waals surface area contributed by atoms with Crippen LogP contribution in [0.2, 0.25) is 0 Å². The molecule has 0 heterocycles. The molecule has 0 aromatic rings. The van der Waals surface area contributed by atoms with E-state index in [0.717, 1.165) is 89.9 Å². The van der Waals surface area contributed by atoms with Gasteiger partial charge in [-0.3, -0.25) is 9.59 Å². The molecule has 0 saturated carbocycles. The number of carboxylic acid groups (broad SMARTS) is 1. The molecule has 0 radical (unpaired) electrons. The second-order valence-corrected chi connectivity index (χ2v) is 15.9. The first-order valence-electron chi connectivity index (χ1n) is 22.3. The van der Waals surface area contributed by atoms with Crippen molar-refractivity contribution >= 4 is 17.9 Å². The average molecular weight is 786 g/mol. The van der Waals surface area contributed by atoms with Crippen LogP contribution in [-0.4, -0.2) is 75.5 Å². The molecule has 0 rings (SSSR count). The van der Waals surface area contributed by atoms with Crippen LogP contribution in [0.1, 0.15) is 174 Å². The fourth-order valence-electron chi connectivity index (χ4n) is 6.17. The quantitative estimate of drug-likeness (QED) is 0.0265. The molecule has 0 spiro atoms. The van der Waals surface area contributed by atoms with Gasteiger partial charge >= 0.3 is 11.9 Å². The van der Waals surface area contributed by atoms with Gasteiger partial charge in [-0.2, -0.15) is 0 Å². The van der Waals surface area contributed by atoms with Crippen molar-refractivity contribution in [1.29, 1.82) is 0 Å². The standard InChI is InChI=1S/C48H83NO7/c1-6-8-10-12-14-16-18-20-21-22-23-24-25-27-28-30-32-34-36-38-46(50)55-43-44(42-54-41-40-45(48(52)53)49(3,4)5)56-47(51)39-37-35-33-31-29-26-19-17-15-13-11-9-7-2/h8,10,14,16,20-21,23-24,26,29,44-45H,6-7,9,11-13,15,17-19,22,25,27-28,30-43H2,1-5H3/b10-8+,16-14+,21-20+,24-23+,29-26+. The summed E-state index contributed by atoms with van der Waals surface area (Å²) in [5.74, 6) is -1.78. The summed E-state index contributed by atoms with van der Waals surface area (Å²) in [4.78, 5) is 36.8. The van der Waals surface area contributed by atoms with Gasteiger partial charge in [0, 0.05) is 19.3 Å². The van der Waals surface area contributed by atoms with E-state index < -0.39 is 18.1 Å². The molecule has 2 atom stereocenters. The lowest BCUT2D eigenvalue weighted by molar-refractivity contribution is -0.889. The SMILES string of the molecule is CC/C=C/C/C=C/C/C=C/C/C=C/CCCCCCCCC(=O)OCC(COCCC(C(=O)[O-])[N+](C)(C)C)OC(=O)CCCCC/C=C/CCCCCCCC. The number of hydrogen-bond acceptors (Lipinski definition) is 7. The molecule has 8 nitrogen and oxygen atoms in total. The summed E-state index contributed by atoms with van der Waals surface area (Å²) in [5.41, 5.74) is 0. The molecule has 0 N–H and O–H groups in total. The van der Waals surface area contributed by atoms with Crippen LogP contribution in [0.25, 0.3) is 0 Å². The Hall–Kier alpha value is -2.97. The van der Waals surface area contributed by atoms with Crippen molar-refractivity contribution in [3.8, 4) is 0 Å². The Kier molecular flexibility index (Phi) is 36.8. The van der Waals surface area contributed by atoms with Gasteiger partial charge in [-0.05, 0) is 77.0 Å². The summed E-state index contributed by atoms with van der Waals surface area (Å²) in [7, 11) is 5.39. The fourth-order valence-corrected chi connectivity index (χ4v) is 6.17. The van der Waals surface area contributed by atoms with E-state index in [2.05, 4.69) is 74.6 Å². The number of ether oxygens (including phenoxy) is 3. The zero-order valence-electron chi connectivity index (χ0n) is 36.5. The van der Waals surface area contributed by atoms with Crippen LogP contribution in [0.3, 0.4) is 0 Å². The highest BCUT2D eigenvalue weighted by molar-refractivity contribution is 5.70. The lowest BCUT2D eigenvalue weighted by Crippen LogP contribution is -2.55. The number of allylic oxidation sites excluding steroid dienone is 10. The molecular formula is C48H83NO7. The topological polar surface area (TPSA) is 102 Å². The maximum atomic E-state index is 12.7. The third-order valence-corrected chi connectivity index (χ3v) is 9.64. The van der Waals surface area contributed by atoms with Crippen molar-refractivity contribution in [2.45, 2.75) is 187 Å². The number of carbonyl (C=O) groups is 3. The van der Waals surface area contributed by atoms with Gasteiger partial charge in [-0.25, -0.2) is 0 Å². The van der Waals surface area contributed by atoms with Gasteiger partial charge in [0.15, 0.2) is 6.10 Å². The Morgan fingerprint density at radius 2 is 1.00 bits per heavy atom. The smallest absolute Gasteiger partial charge is 0.306 e. The molecule has 2 unspecified atom stereocenters. The van der Waals surface area contributed by atoms with Gasteiger partial charge in [0.2, 0.25) is 0 Å². The highest BCUT2D eigenvalue weighted by atomic mass is 16.6. The van der Waals surface area contributed by atoms with Crippen molar-refractivity contribution in [2.75, 3.05) is 41.0 Å². The van der Waals surface area contributed by atoms with Gasteiger partial charge in [-0.15, -0.1) is 0 Å². The molecule has 0 aromatic carbocycles. The minimum absolute atomic E-state index is 0.0280. The van der Waals surface area contributed by atoms with Crippen molar-refractivity contribution in [1.82, 2.24) is 0 Å². The second kappa shape index (κ2) is 38.9. The zero-order valence-corrected chi connectivity index (χ0v) is 36.5. The number of likely N-dealkylation sites (N-methyl/N-ethyl adjacent to an activating group) is 1. The number of nitrogens with zero attached hydrogens (tertiary/aromatic N) is 1. The highest BCUT2D eigenvalue weighted by Gasteiger charge is 2.25. The van der Waals surface area contributed by atoms with E-state index in [9.17, 15) is 19.5 Å². The van der Waals surface area contributed by atoms with E-state index in [0.29, 0.717) is 12.8 Å². The third-order valence-electron chi connectivity index (χ3n) is 9.64. The van der Waals surface area contributed by atoms with Crippen LogP contribution in [-0.2, 0) is 28.6 Å².